The van der Waals surface area contributed by atoms with Crippen LogP contribution < -0.4 is 0 Å². The van der Waals surface area contributed by atoms with Gasteiger partial charge in [-0.1, -0.05) is 18.6 Å². The zero-order valence-corrected chi connectivity index (χ0v) is 14.1. The summed E-state index contributed by atoms with van der Waals surface area (Å²) < 4.78 is 11.9. The number of ether oxygens (including phenoxy) is 2. The second kappa shape index (κ2) is 4.93. The highest BCUT2D eigenvalue weighted by Crippen LogP contribution is 2.59. The summed E-state index contributed by atoms with van der Waals surface area (Å²) in [7, 11) is 0. The normalized spacial score (nSPS) is 44.8. The summed E-state index contributed by atoms with van der Waals surface area (Å²) in [6.45, 7) is 3.83. The maximum absolute atomic E-state index is 10.5. The van der Waals surface area contributed by atoms with Crippen molar-refractivity contribution in [2.45, 2.75) is 70.2 Å². The van der Waals surface area contributed by atoms with Gasteiger partial charge in [0, 0.05) is 18.3 Å². The Hall–Kier alpha value is -0.640. The summed E-state index contributed by atoms with van der Waals surface area (Å²) in [6.07, 6.45) is 11.2. The van der Waals surface area contributed by atoms with Crippen LogP contribution in [0.5, 0.6) is 0 Å². The van der Waals surface area contributed by atoms with E-state index in [0.717, 1.165) is 45.3 Å². The fourth-order valence-electron chi connectivity index (χ4n) is 6.27. The van der Waals surface area contributed by atoms with Gasteiger partial charge in [0.05, 0.1) is 19.3 Å². The molecule has 3 heteroatoms. The molecule has 1 saturated carbocycles. The van der Waals surface area contributed by atoms with E-state index < -0.39 is 0 Å². The Morgan fingerprint density at radius 3 is 2.78 bits per heavy atom. The molecule has 0 aromatic heterocycles. The molecule has 4 aliphatic carbocycles. The molecular formula is C20H28O3. The lowest BCUT2D eigenvalue weighted by atomic mass is 9.58. The van der Waals surface area contributed by atoms with E-state index >= 15 is 0 Å². The van der Waals surface area contributed by atoms with Gasteiger partial charge in [-0.3, -0.25) is 0 Å². The highest BCUT2D eigenvalue weighted by Gasteiger charge is 2.53. The Balaban J connectivity index is 1.48. The third-order valence-corrected chi connectivity index (χ3v) is 7.59. The third-order valence-electron chi connectivity index (χ3n) is 7.59. The molecule has 0 aromatic carbocycles. The average molecular weight is 316 g/mol. The molecule has 23 heavy (non-hydrogen) atoms. The Morgan fingerprint density at radius 2 is 1.96 bits per heavy atom. The van der Waals surface area contributed by atoms with Gasteiger partial charge in [-0.25, -0.2) is 0 Å². The molecule has 0 amide bonds. The van der Waals surface area contributed by atoms with E-state index in [-0.39, 0.29) is 17.3 Å². The van der Waals surface area contributed by atoms with Gasteiger partial charge in [-0.05, 0) is 61.5 Å². The molecule has 5 rings (SSSR count). The van der Waals surface area contributed by atoms with Crippen molar-refractivity contribution in [3.63, 3.8) is 0 Å². The molecule has 1 aliphatic heterocycles. The summed E-state index contributed by atoms with van der Waals surface area (Å²) in [4.78, 5) is 0. The zero-order valence-electron chi connectivity index (χ0n) is 14.1. The Labute approximate surface area is 138 Å². The Bertz CT molecular complexity index is 584. The van der Waals surface area contributed by atoms with Crippen LogP contribution in [0.2, 0.25) is 0 Å². The van der Waals surface area contributed by atoms with E-state index in [9.17, 15) is 5.11 Å². The second-order valence-electron chi connectivity index (χ2n) is 8.58. The van der Waals surface area contributed by atoms with E-state index in [1.165, 1.54) is 19.3 Å². The topological polar surface area (TPSA) is 38.7 Å². The van der Waals surface area contributed by atoms with Crippen LogP contribution in [0.1, 0.15) is 58.3 Å². The Morgan fingerprint density at radius 1 is 1.13 bits per heavy atom. The van der Waals surface area contributed by atoms with Crippen molar-refractivity contribution in [3.05, 3.63) is 22.8 Å². The molecule has 0 bridgehead atoms. The van der Waals surface area contributed by atoms with Gasteiger partial charge >= 0.3 is 0 Å². The van der Waals surface area contributed by atoms with Crippen molar-refractivity contribution in [1.29, 1.82) is 0 Å². The van der Waals surface area contributed by atoms with Crippen LogP contribution in [-0.2, 0) is 9.47 Å². The number of aliphatic hydroxyl groups is 1. The van der Waals surface area contributed by atoms with Crippen LogP contribution in [0.3, 0.4) is 0 Å². The van der Waals surface area contributed by atoms with Crippen LogP contribution in [0.15, 0.2) is 22.8 Å². The van der Waals surface area contributed by atoms with E-state index in [0.29, 0.717) is 11.8 Å². The standard InChI is InChI=1S/C20H28O3/c1-19-8-6-15-14-7-9-20(22-10-11-23-20)12-13(14)2-3-16(15)17(19)4-5-18(19)21/h6,16-18,21H,2-5,7-12H2,1H3/t16?,17?,18-,19-/m0/s1. The van der Waals surface area contributed by atoms with E-state index in [4.69, 9.17) is 9.47 Å². The quantitative estimate of drug-likeness (QED) is 0.740. The van der Waals surface area contributed by atoms with Crippen molar-refractivity contribution in [2.24, 2.45) is 17.3 Å². The molecule has 126 valence electrons. The van der Waals surface area contributed by atoms with Crippen LogP contribution in [0, 0.1) is 17.3 Å². The number of aliphatic hydroxyl groups excluding tert-OH is 1. The summed E-state index contributed by atoms with van der Waals surface area (Å²) in [5.41, 5.74) is 4.99. The fourth-order valence-corrected chi connectivity index (χ4v) is 6.27. The molecule has 1 heterocycles. The van der Waals surface area contributed by atoms with Gasteiger partial charge < -0.3 is 14.6 Å². The number of fused-ring (bicyclic) bond motifs is 4. The predicted octanol–water partition coefficient (Wildman–Crippen LogP) is 3.73. The van der Waals surface area contributed by atoms with Gasteiger partial charge in [0.15, 0.2) is 5.79 Å². The number of hydrogen-bond acceptors (Lipinski definition) is 3. The lowest BCUT2D eigenvalue weighted by Gasteiger charge is -2.48. The van der Waals surface area contributed by atoms with Gasteiger partial charge in [-0.15, -0.1) is 0 Å². The summed E-state index contributed by atoms with van der Waals surface area (Å²) in [6, 6.07) is 0. The minimum Gasteiger partial charge on any atom is -0.393 e. The van der Waals surface area contributed by atoms with Crippen molar-refractivity contribution >= 4 is 0 Å². The first-order valence-electron chi connectivity index (χ1n) is 9.49. The largest absolute Gasteiger partial charge is 0.393 e. The first kappa shape index (κ1) is 14.7. The monoisotopic (exact) mass is 316 g/mol. The van der Waals surface area contributed by atoms with Crippen molar-refractivity contribution in [1.82, 2.24) is 0 Å². The lowest BCUT2D eigenvalue weighted by molar-refractivity contribution is -0.164. The molecule has 1 spiro atoms. The summed E-state index contributed by atoms with van der Waals surface area (Å²) in [5.74, 6) is 1.07. The predicted molar refractivity (Wildman–Crippen MR) is 87.8 cm³/mol. The highest BCUT2D eigenvalue weighted by atomic mass is 16.7. The van der Waals surface area contributed by atoms with E-state index in [1.54, 1.807) is 16.7 Å². The Kier molecular flexibility index (Phi) is 3.15. The van der Waals surface area contributed by atoms with Gasteiger partial charge in [-0.2, -0.15) is 0 Å². The second-order valence-corrected chi connectivity index (χ2v) is 8.58. The van der Waals surface area contributed by atoms with E-state index in [1.807, 2.05) is 0 Å². The smallest absolute Gasteiger partial charge is 0.172 e. The molecule has 2 fully saturated rings. The number of hydrogen-bond donors (Lipinski definition) is 1. The van der Waals surface area contributed by atoms with E-state index in [2.05, 4.69) is 13.0 Å². The van der Waals surface area contributed by atoms with Crippen LogP contribution >= 0.6 is 0 Å². The first-order chi connectivity index (χ1) is 11.1. The first-order valence-corrected chi connectivity index (χ1v) is 9.49. The maximum Gasteiger partial charge on any atom is 0.172 e. The van der Waals surface area contributed by atoms with Crippen molar-refractivity contribution in [2.75, 3.05) is 13.2 Å². The number of rotatable bonds is 0. The highest BCUT2D eigenvalue weighted by molar-refractivity contribution is 5.44. The molecule has 1 N–H and O–H groups in total. The minimum absolute atomic E-state index is 0.101. The maximum atomic E-state index is 10.5. The average Bonchev–Trinajstić information content (AvgIpc) is 3.12. The molecule has 1 saturated heterocycles. The molecule has 3 nitrogen and oxygen atoms in total. The summed E-state index contributed by atoms with van der Waals surface area (Å²) in [5, 5.41) is 10.5. The van der Waals surface area contributed by atoms with Crippen LogP contribution in [0.25, 0.3) is 0 Å². The molecule has 5 aliphatic rings. The van der Waals surface area contributed by atoms with Gasteiger partial charge in [0.25, 0.3) is 0 Å². The SMILES string of the molecule is C[C@]12CC=C3C4=C(CCC3C1CC[C@@H]2O)CC1(CC4)OCCO1. The van der Waals surface area contributed by atoms with Gasteiger partial charge in [0.2, 0.25) is 0 Å². The van der Waals surface area contributed by atoms with Gasteiger partial charge in [0.1, 0.15) is 0 Å². The minimum atomic E-state index is -0.293. The van der Waals surface area contributed by atoms with Crippen LogP contribution in [-0.4, -0.2) is 30.2 Å². The fraction of sp³-hybridized carbons (Fsp3) is 0.800. The molecular weight excluding hydrogens is 288 g/mol. The molecule has 4 atom stereocenters. The third kappa shape index (κ3) is 1.99. The van der Waals surface area contributed by atoms with Crippen molar-refractivity contribution in [3.8, 4) is 0 Å². The van der Waals surface area contributed by atoms with Crippen LogP contribution in [0.4, 0.5) is 0 Å². The lowest BCUT2D eigenvalue weighted by Crippen LogP contribution is -2.42. The number of allylic oxidation sites excluding steroid dienone is 3. The van der Waals surface area contributed by atoms with Crippen molar-refractivity contribution < 1.29 is 14.6 Å². The molecule has 0 aromatic rings. The zero-order chi connectivity index (χ0) is 15.7. The summed E-state index contributed by atoms with van der Waals surface area (Å²) >= 11 is 0. The molecule has 0 radical (unpaired) electrons. The molecule has 2 unspecified atom stereocenters.